The Labute approximate surface area is 161 Å². The Hall–Kier alpha value is -2.12. The van der Waals surface area contributed by atoms with Crippen LogP contribution in [-0.2, 0) is 30.7 Å². The van der Waals surface area contributed by atoms with Crippen molar-refractivity contribution in [1.82, 2.24) is 19.7 Å². The highest BCUT2D eigenvalue weighted by Crippen LogP contribution is 2.21. The van der Waals surface area contributed by atoms with E-state index in [1.54, 1.807) is 17.7 Å². The van der Waals surface area contributed by atoms with E-state index in [1.165, 1.54) is 27.8 Å². The van der Waals surface area contributed by atoms with E-state index in [-0.39, 0.29) is 5.91 Å². The van der Waals surface area contributed by atoms with Crippen molar-refractivity contribution in [3.8, 4) is 0 Å². The van der Waals surface area contributed by atoms with E-state index in [4.69, 9.17) is 0 Å². The number of thiophene rings is 1. The van der Waals surface area contributed by atoms with Crippen molar-refractivity contribution >= 4 is 29.0 Å². The summed E-state index contributed by atoms with van der Waals surface area (Å²) in [5.41, 5.74) is 2.62. The van der Waals surface area contributed by atoms with E-state index in [1.807, 2.05) is 15.5 Å². The SMILES string of the molecule is O=C(CSc1nncn1CCc1cccs1)N1CCc2ccccc2C1. The number of aromatic nitrogens is 3. The number of thioether (sulfide) groups is 1. The number of fused-ring (bicyclic) bond motifs is 1. The Bertz CT molecular complexity index is 875. The van der Waals surface area contributed by atoms with Gasteiger partial charge in [-0.05, 0) is 35.4 Å². The predicted octanol–water partition coefficient (Wildman–Crippen LogP) is 3.26. The van der Waals surface area contributed by atoms with Crippen LogP contribution in [-0.4, -0.2) is 37.9 Å². The maximum Gasteiger partial charge on any atom is 0.233 e. The lowest BCUT2D eigenvalue weighted by atomic mass is 10.00. The number of hydrogen-bond acceptors (Lipinski definition) is 5. The number of carbonyl (C=O) groups excluding carboxylic acids is 1. The molecule has 0 bridgehead atoms. The Morgan fingerprint density at radius 3 is 2.92 bits per heavy atom. The van der Waals surface area contributed by atoms with Gasteiger partial charge >= 0.3 is 0 Å². The van der Waals surface area contributed by atoms with Gasteiger partial charge in [-0.15, -0.1) is 21.5 Å². The predicted molar refractivity (Wildman–Crippen MR) is 104 cm³/mol. The van der Waals surface area contributed by atoms with E-state index >= 15 is 0 Å². The second-order valence-corrected chi connectivity index (χ2v) is 8.23. The topological polar surface area (TPSA) is 51.0 Å². The summed E-state index contributed by atoms with van der Waals surface area (Å²) in [6.07, 6.45) is 3.64. The van der Waals surface area contributed by atoms with E-state index in [0.717, 1.165) is 31.1 Å². The van der Waals surface area contributed by atoms with Crippen molar-refractivity contribution in [3.05, 3.63) is 64.1 Å². The van der Waals surface area contributed by atoms with Crippen LogP contribution in [0.25, 0.3) is 0 Å². The largest absolute Gasteiger partial charge is 0.337 e. The molecular formula is C19H20N4OS2. The van der Waals surface area contributed by atoms with Gasteiger partial charge in [0.05, 0.1) is 5.75 Å². The summed E-state index contributed by atoms with van der Waals surface area (Å²) in [7, 11) is 0. The van der Waals surface area contributed by atoms with Gasteiger partial charge in [-0.3, -0.25) is 4.79 Å². The van der Waals surface area contributed by atoms with Crippen LogP contribution in [0.15, 0.2) is 53.3 Å². The van der Waals surface area contributed by atoms with Crippen molar-refractivity contribution in [2.75, 3.05) is 12.3 Å². The Morgan fingerprint density at radius 2 is 2.08 bits per heavy atom. The highest BCUT2D eigenvalue weighted by molar-refractivity contribution is 7.99. The van der Waals surface area contributed by atoms with Crippen molar-refractivity contribution in [2.24, 2.45) is 0 Å². The summed E-state index contributed by atoms with van der Waals surface area (Å²) >= 11 is 3.24. The number of aryl methyl sites for hydroxylation is 2. The Kier molecular flexibility index (Phi) is 5.36. The summed E-state index contributed by atoms with van der Waals surface area (Å²) in [6, 6.07) is 12.6. The van der Waals surface area contributed by atoms with E-state index in [0.29, 0.717) is 12.3 Å². The van der Waals surface area contributed by atoms with E-state index < -0.39 is 0 Å². The first-order valence-electron chi connectivity index (χ1n) is 8.67. The van der Waals surface area contributed by atoms with Crippen LogP contribution >= 0.6 is 23.1 Å². The van der Waals surface area contributed by atoms with Crippen LogP contribution in [0.2, 0.25) is 0 Å². The molecule has 1 aromatic carbocycles. The van der Waals surface area contributed by atoms with Crippen LogP contribution in [0.5, 0.6) is 0 Å². The molecule has 5 nitrogen and oxygen atoms in total. The lowest BCUT2D eigenvalue weighted by molar-refractivity contribution is -0.129. The molecule has 26 heavy (non-hydrogen) atoms. The normalized spacial score (nSPS) is 13.6. The fraction of sp³-hybridized carbons (Fsp3) is 0.316. The first-order chi connectivity index (χ1) is 12.8. The van der Waals surface area contributed by atoms with Gasteiger partial charge < -0.3 is 9.47 Å². The Morgan fingerprint density at radius 1 is 1.19 bits per heavy atom. The first-order valence-corrected chi connectivity index (χ1v) is 10.5. The molecule has 134 valence electrons. The third kappa shape index (κ3) is 3.99. The van der Waals surface area contributed by atoms with Crippen LogP contribution in [0.1, 0.15) is 16.0 Å². The van der Waals surface area contributed by atoms with Crippen molar-refractivity contribution < 1.29 is 4.79 Å². The lowest BCUT2D eigenvalue weighted by Gasteiger charge is -2.28. The molecule has 0 unspecified atom stereocenters. The Balaban J connectivity index is 1.32. The van der Waals surface area contributed by atoms with Crippen LogP contribution in [0.4, 0.5) is 0 Å². The van der Waals surface area contributed by atoms with Crippen LogP contribution in [0, 0.1) is 0 Å². The number of carbonyl (C=O) groups is 1. The van der Waals surface area contributed by atoms with Crippen LogP contribution < -0.4 is 0 Å². The summed E-state index contributed by atoms with van der Waals surface area (Å²) < 4.78 is 2.03. The van der Waals surface area contributed by atoms with Gasteiger partial charge in [0.15, 0.2) is 5.16 Å². The van der Waals surface area contributed by atoms with Crippen molar-refractivity contribution in [2.45, 2.75) is 31.1 Å². The molecule has 3 aromatic rings. The molecule has 0 saturated heterocycles. The highest BCUT2D eigenvalue weighted by atomic mass is 32.2. The fourth-order valence-electron chi connectivity index (χ4n) is 3.12. The standard InChI is InChI=1S/C19H20N4OS2/c24-18(22-9-7-15-4-1-2-5-16(15)12-22)13-26-19-21-20-14-23(19)10-8-17-6-3-11-25-17/h1-6,11,14H,7-10,12-13H2. The minimum atomic E-state index is 0.164. The molecule has 3 heterocycles. The quantitative estimate of drug-likeness (QED) is 0.612. The molecule has 0 radical (unpaired) electrons. The van der Waals surface area contributed by atoms with Crippen LogP contribution in [0.3, 0.4) is 0 Å². The molecular weight excluding hydrogens is 364 g/mol. The monoisotopic (exact) mass is 384 g/mol. The molecule has 1 aliphatic heterocycles. The summed E-state index contributed by atoms with van der Waals surface area (Å²) in [6.45, 7) is 2.34. The molecule has 0 fully saturated rings. The maximum absolute atomic E-state index is 12.6. The van der Waals surface area contributed by atoms with E-state index in [2.05, 4.69) is 45.9 Å². The van der Waals surface area contributed by atoms with E-state index in [9.17, 15) is 4.79 Å². The smallest absolute Gasteiger partial charge is 0.233 e. The third-order valence-corrected chi connectivity index (χ3v) is 6.47. The zero-order valence-corrected chi connectivity index (χ0v) is 16.0. The second-order valence-electron chi connectivity index (χ2n) is 6.26. The average molecular weight is 385 g/mol. The number of hydrogen-bond donors (Lipinski definition) is 0. The summed E-state index contributed by atoms with van der Waals surface area (Å²) in [5.74, 6) is 0.567. The zero-order valence-electron chi connectivity index (χ0n) is 14.4. The number of rotatable bonds is 6. The molecule has 0 saturated carbocycles. The highest BCUT2D eigenvalue weighted by Gasteiger charge is 2.21. The lowest BCUT2D eigenvalue weighted by Crippen LogP contribution is -2.37. The van der Waals surface area contributed by atoms with Gasteiger partial charge in [0, 0.05) is 24.5 Å². The molecule has 0 aliphatic carbocycles. The molecule has 0 spiro atoms. The molecule has 7 heteroatoms. The zero-order chi connectivity index (χ0) is 17.8. The molecule has 1 amide bonds. The van der Waals surface area contributed by atoms with Gasteiger partial charge in [-0.2, -0.15) is 0 Å². The first kappa shape index (κ1) is 17.3. The minimum absolute atomic E-state index is 0.164. The minimum Gasteiger partial charge on any atom is -0.337 e. The molecule has 0 N–H and O–H groups in total. The van der Waals surface area contributed by atoms with Gasteiger partial charge in [-0.1, -0.05) is 42.1 Å². The fourth-order valence-corrected chi connectivity index (χ4v) is 4.66. The maximum atomic E-state index is 12.6. The average Bonchev–Trinajstić information content (AvgIpc) is 3.35. The molecule has 0 atom stereocenters. The molecule has 1 aliphatic rings. The molecule has 4 rings (SSSR count). The number of nitrogens with zero attached hydrogens (tertiary/aromatic N) is 4. The summed E-state index contributed by atoms with van der Waals surface area (Å²) in [4.78, 5) is 15.9. The number of benzene rings is 1. The van der Waals surface area contributed by atoms with Gasteiger partial charge in [-0.25, -0.2) is 0 Å². The second kappa shape index (κ2) is 8.05. The third-order valence-electron chi connectivity index (χ3n) is 4.57. The summed E-state index contributed by atoms with van der Waals surface area (Å²) in [5, 5.41) is 11.1. The van der Waals surface area contributed by atoms with Gasteiger partial charge in [0.1, 0.15) is 6.33 Å². The van der Waals surface area contributed by atoms with Gasteiger partial charge in [0.2, 0.25) is 5.91 Å². The number of amides is 1. The van der Waals surface area contributed by atoms with Crippen molar-refractivity contribution in [3.63, 3.8) is 0 Å². The molecule has 2 aromatic heterocycles. The van der Waals surface area contributed by atoms with Crippen molar-refractivity contribution in [1.29, 1.82) is 0 Å². The van der Waals surface area contributed by atoms with Gasteiger partial charge in [0.25, 0.3) is 0 Å².